The van der Waals surface area contributed by atoms with Crippen molar-refractivity contribution in [3.63, 3.8) is 0 Å². The van der Waals surface area contributed by atoms with Crippen molar-refractivity contribution in [1.29, 1.82) is 0 Å². The number of piperidine rings is 1. The molecule has 20 heavy (non-hydrogen) atoms. The Morgan fingerprint density at radius 1 is 1.50 bits per heavy atom. The topological polar surface area (TPSA) is 28.2 Å². The molecule has 2 heterocycles. The summed E-state index contributed by atoms with van der Waals surface area (Å²) >= 11 is 0. The first-order valence-corrected chi connectivity index (χ1v) is 7.76. The van der Waals surface area contributed by atoms with Gasteiger partial charge in [0.05, 0.1) is 17.9 Å². The Bertz CT molecular complexity index is 393. The Kier molecular flexibility index (Phi) is 5.92. The maximum absolute atomic E-state index is 13.0. The summed E-state index contributed by atoms with van der Waals surface area (Å²) in [4.78, 5) is 6.76. The van der Waals surface area contributed by atoms with Crippen LogP contribution in [-0.2, 0) is 0 Å². The van der Waals surface area contributed by atoms with Crippen molar-refractivity contribution in [2.24, 2.45) is 5.92 Å². The molecule has 0 aliphatic carbocycles. The molecule has 1 aromatic heterocycles. The van der Waals surface area contributed by atoms with Crippen LogP contribution in [0, 0.1) is 11.7 Å². The number of nitrogens with one attached hydrogen (secondary N) is 1. The molecule has 0 radical (unpaired) electrons. The smallest absolute Gasteiger partial charge is 0.141 e. The minimum absolute atomic E-state index is 0.220. The van der Waals surface area contributed by atoms with Crippen LogP contribution in [0.2, 0.25) is 0 Å². The molecule has 0 saturated carbocycles. The highest BCUT2D eigenvalue weighted by atomic mass is 19.1. The molecule has 1 aliphatic rings. The SMILES string of the molecule is CCNC(CCN1CCCC(C)C1)c1ccc(F)cn1. The Hall–Kier alpha value is -1.00. The zero-order valence-electron chi connectivity index (χ0n) is 12.6. The van der Waals surface area contributed by atoms with Gasteiger partial charge in [-0.25, -0.2) is 4.39 Å². The third-order valence-electron chi connectivity index (χ3n) is 4.03. The van der Waals surface area contributed by atoms with Crippen LogP contribution in [-0.4, -0.2) is 36.1 Å². The summed E-state index contributed by atoms with van der Waals surface area (Å²) in [6, 6.07) is 3.51. The van der Waals surface area contributed by atoms with E-state index in [1.807, 2.05) is 0 Å². The van der Waals surface area contributed by atoms with E-state index in [0.29, 0.717) is 0 Å². The molecule has 1 saturated heterocycles. The van der Waals surface area contributed by atoms with Gasteiger partial charge in [-0.1, -0.05) is 13.8 Å². The fraction of sp³-hybridized carbons (Fsp3) is 0.688. The van der Waals surface area contributed by atoms with Gasteiger partial charge in [0.2, 0.25) is 0 Å². The third-order valence-corrected chi connectivity index (χ3v) is 4.03. The molecule has 2 unspecified atom stereocenters. The van der Waals surface area contributed by atoms with Gasteiger partial charge in [-0.2, -0.15) is 0 Å². The molecule has 0 aromatic carbocycles. The first-order valence-electron chi connectivity index (χ1n) is 7.76. The molecule has 1 aliphatic heterocycles. The Balaban J connectivity index is 1.90. The van der Waals surface area contributed by atoms with Crippen LogP contribution < -0.4 is 5.32 Å². The number of hydrogen-bond acceptors (Lipinski definition) is 3. The molecular formula is C16H26FN3. The summed E-state index contributed by atoms with van der Waals surface area (Å²) in [5.74, 6) is 0.541. The van der Waals surface area contributed by atoms with Gasteiger partial charge >= 0.3 is 0 Å². The van der Waals surface area contributed by atoms with Crippen LogP contribution in [0.1, 0.15) is 44.8 Å². The van der Waals surface area contributed by atoms with Crippen LogP contribution in [0.15, 0.2) is 18.3 Å². The molecule has 0 amide bonds. The monoisotopic (exact) mass is 279 g/mol. The van der Waals surface area contributed by atoms with E-state index in [2.05, 4.69) is 29.0 Å². The first kappa shape index (κ1) is 15.4. The lowest BCUT2D eigenvalue weighted by Crippen LogP contribution is -2.36. The third kappa shape index (κ3) is 4.53. The van der Waals surface area contributed by atoms with E-state index in [9.17, 15) is 4.39 Å². The van der Waals surface area contributed by atoms with Crippen LogP contribution in [0.25, 0.3) is 0 Å². The number of rotatable bonds is 6. The van der Waals surface area contributed by atoms with Gasteiger partial charge < -0.3 is 10.2 Å². The van der Waals surface area contributed by atoms with E-state index >= 15 is 0 Å². The molecule has 112 valence electrons. The van der Waals surface area contributed by atoms with Gasteiger partial charge in [-0.05, 0) is 50.4 Å². The van der Waals surface area contributed by atoms with Gasteiger partial charge in [-0.3, -0.25) is 4.98 Å². The Morgan fingerprint density at radius 3 is 3.00 bits per heavy atom. The van der Waals surface area contributed by atoms with E-state index in [-0.39, 0.29) is 11.9 Å². The Morgan fingerprint density at radius 2 is 2.35 bits per heavy atom. The van der Waals surface area contributed by atoms with Crippen LogP contribution in [0.5, 0.6) is 0 Å². The highest BCUT2D eigenvalue weighted by Gasteiger charge is 2.18. The number of halogens is 1. The van der Waals surface area contributed by atoms with E-state index in [1.165, 1.54) is 38.2 Å². The zero-order chi connectivity index (χ0) is 14.4. The lowest BCUT2D eigenvalue weighted by atomic mass is 9.99. The van der Waals surface area contributed by atoms with Gasteiger partial charge in [-0.15, -0.1) is 0 Å². The first-order chi connectivity index (χ1) is 9.69. The van der Waals surface area contributed by atoms with Crippen LogP contribution >= 0.6 is 0 Å². The number of likely N-dealkylation sites (tertiary alicyclic amines) is 1. The van der Waals surface area contributed by atoms with E-state index in [1.54, 1.807) is 6.07 Å². The van der Waals surface area contributed by atoms with Crippen molar-refractivity contribution in [3.8, 4) is 0 Å². The molecule has 1 aromatic rings. The van der Waals surface area contributed by atoms with Crippen molar-refractivity contribution >= 4 is 0 Å². The predicted octanol–water partition coefficient (Wildman–Crippen LogP) is 2.99. The van der Waals surface area contributed by atoms with Crippen molar-refractivity contribution < 1.29 is 4.39 Å². The van der Waals surface area contributed by atoms with Crippen molar-refractivity contribution in [1.82, 2.24) is 15.2 Å². The van der Waals surface area contributed by atoms with Gasteiger partial charge in [0.15, 0.2) is 0 Å². The lowest BCUT2D eigenvalue weighted by molar-refractivity contribution is 0.175. The van der Waals surface area contributed by atoms with E-state index in [0.717, 1.165) is 31.1 Å². The number of hydrogen-bond donors (Lipinski definition) is 1. The fourth-order valence-corrected chi connectivity index (χ4v) is 3.00. The molecule has 0 bridgehead atoms. The van der Waals surface area contributed by atoms with E-state index in [4.69, 9.17) is 0 Å². The lowest BCUT2D eigenvalue weighted by Gasteiger charge is -2.32. The summed E-state index contributed by atoms with van der Waals surface area (Å²) in [6.07, 6.45) is 5.00. The van der Waals surface area contributed by atoms with Gasteiger partial charge in [0.1, 0.15) is 5.82 Å². The van der Waals surface area contributed by atoms with Gasteiger partial charge in [0.25, 0.3) is 0 Å². The largest absolute Gasteiger partial charge is 0.309 e. The molecule has 0 spiro atoms. The summed E-state index contributed by atoms with van der Waals surface area (Å²) in [7, 11) is 0. The second kappa shape index (κ2) is 7.70. The summed E-state index contributed by atoms with van der Waals surface area (Å²) in [5.41, 5.74) is 0.943. The molecule has 2 atom stereocenters. The highest BCUT2D eigenvalue weighted by Crippen LogP contribution is 2.19. The number of nitrogens with zero attached hydrogens (tertiary/aromatic N) is 2. The van der Waals surface area contributed by atoms with Crippen LogP contribution in [0.4, 0.5) is 4.39 Å². The highest BCUT2D eigenvalue weighted by molar-refractivity contribution is 5.10. The van der Waals surface area contributed by atoms with Crippen molar-refractivity contribution in [3.05, 3.63) is 29.8 Å². The van der Waals surface area contributed by atoms with Crippen LogP contribution in [0.3, 0.4) is 0 Å². The molecule has 1 N–H and O–H groups in total. The van der Waals surface area contributed by atoms with Crippen molar-refractivity contribution in [2.75, 3.05) is 26.2 Å². The predicted molar refractivity (Wildman–Crippen MR) is 80.1 cm³/mol. The molecule has 4 heteroatoms. The maximum Gasteiger partial charge on any atom is 0.141 e. The zero-order valence-corrected chi connectivity index (χ0v) is 12.6. The van der Waals surface area contributed by atoms with Gasteiger partial charge in [0, 0.05) is 13.1 Å². The standard InChI is InChI=1S/C16H26FN3/c1-3-18-16(15-7-6-14(17)11-19-15)8-10-20-9-4-5-13(2)12-20/h6-7,11,13,16,18H,3-5,8-10,12H2,1-2H3. The maximum atomic E-state index is 13.0. The number of pyridine rings is 1. The Labute approximate surface area is 121 Å². The minimum Gasteiger partial charge on any atom is -0.309 e. The summed E-state index contributed by atoms with van der Waals surface area (Å²) in [5, 5.41) is 3.46. The molecule has 2 rings (SSSR count). The quantitative estimate of drug-likeness (QED) is 0.867. The van der Waals surface area contributed by atoms with E-state index < -0.39 is 0 Å². The molecule has 3 nitrogen and oxygen atoms in total. The molecule has 1 fully saturated rings. The second-order valence-electron chi connectivity index (χ2n) is 5.85. The minimum atomic E-state index is -0.270. The summed E-state index contributed by atoms with van der Waals surface area (Å²) < 4.78 is 13.0. The number of aromatic nitrogens is 1. The summed E-state index contributed by atoms with van der Waals surface area (Å²) in [6.45, 7) is 8.83. The average molecular weight is 279 g/mol. The fourth-order valence-electron chi connectivity index (χ4n) is 3.00. The average Bonchev–Trinajstić information content (AvgIpc) is 2.44. The normalized spacial score (nSPS) is 21.9. The second-order valence-corrected chi connectivity index (χ2v) is 5.85. The van der Waals surface area contributed by atoms with Crippen molar-refractivity contribution in [2.45, 2.75) is 39.2 Å². The molecular weight excluding hydrogens is 253 g/mol.